The predicted molar refractivity (Wildman–Crippen MR) is 61.3 cm³/mol. The van der Waals surface area contributed by atoms with E-state index in [9.17, 15) is 9.59 Å². The zero-order chi connectivity index (χ0) is 12.7. The summed E-state index contributed by atoms with van der Waals surface area (Å²) in [5.74, 6) is -0.953. The number of rotatable bonds is 7. The molecule has 0 fully saturated rings. The number of aliphatic carboxylic acids is 1. The number of hydrogen-bond acceptors (Lipinski definition) is 3. The molecule has 5 heteroatoms. The Kier molecular flexibility index (Phi) is 5.16. The molecule has 0 unspecified atom stereocenters. The molecule has 92 valence electrons. The molecule has 1 aromatic rings. The van der Waals surface area contributed by atoms with Gasteiger partial charge in [-0.15, -0.1) is 0 Å². The van der Waals surface area contributed by atoms with Crippen LogP contribution >= 0.6 is 0 Å². The van der Waals surface area contributed by atoms with Gasteiger partial charge in [0.05, 0.1) is 19.1 Å². The highest BCUT2D eigenvalue weighted by molar-refractivity contribution is 5.68. The highest BCUT2D eigenvalue weighted by atomic mass is 16.5. The average Bonchev–Trinajstić information content (AvgIpc) is 2.29. The number of hydrogen-bond donors (Lipinski definition) is 2. The average molecular weight is 237 g/mol. The van der Waals surface area contributed by atoms with Gasteiger partial charge in [0.2, 0.25) is 6.41 Å². The summed E-state index contributed by atoms with van der Waals surface area (Å²) in [5, 5.41) is 11.2. The maximum Gasteiger partial charge on any atom is 0.305 e. The molecule has 0 aliphatic rings. The molecule has 17 heavy (non-hydrogen) atoms. The number of carbonyl (C=O) groups is 2. The van der Waals surface area contributed by atoms with E-state index in [0.29, 0.717) is 13.0 Å². The summed E-state index contributed by atoms with van der Waals surface area (Å²) >= 11 is 0. The molecule has 5 nitrogen and oxygen atoms in total. The lowest BCUT2D eigenvalue weighted by Crippen LogP contribution is -2.22. The molecule has 1 aromatic carbocycles. The van der Waals surface area contributed by atoms with Crippen molar-refractivity contribution in [1.29, 1.82) is 0 Å². The quantitative estimate of drug-likeness (QED) is 0.696. The maximum atomic E-state index is 10.7. The van der Waals surface area contributed by atoms with Gasteiger partial charge in [-0.2, -0.15) is 0 Å². The molecule has 2 N–H and O–H groups in total. The fraction of sp³-hybridized carbons (Fsp3) is 0.333. The summed E-state index contributed by atoms with van der Waals surface area (Å²) in [7, 11) is 1.61. The van der Waals surface area contributed by atoms with Crippen LogP contribution in [0.4, 0.5) is 0 Å². The van der Waals surface area contributed by atoms with Crippen LogP contribution in [-0.4, -0.2) is 24.6 Å². The van der Waals surface area contributed by atoms with Gasteiger partial charge < -0.3 is 15.2 Å². The van der Waals surface area contributed by atoms with E-state index in [1.54, 1.807) is 19.2 Å². The van der Waals surface area contributed by atoms with E-state index < -0.39 is 12.0 Å². The molecular weight excluding hydrogens is 222 g/mol. The monoisotopic (exact) mass is 237 g/mol. The lowest BCUT2D eigenvalue weighted by Gasteiger charge is -2.14. The fourth-order valence-corrected chi connectivity index (χ4v) is 1.54. The molecular formula is C12H15NO4. The van der Waals surface area contributed by atoms with Crippen LogP contribution in [0.15, 0.2) is 24.3 Å². The van der Waals surface area contributed by atoms with E-state index in [4.69, 9.17) is 9.84 Å². The first kappa shape index (κ1) is 13.2. The Morgan fingerprint density at radius 1 is 1.47 bits per heavy atom. The molecule has 1 atom stereocenters. The molecule has 1 rings (SSSR count). The van der Waals surface area contributed by atoms with E-state index in [2.05, 4.69) is 5.32 Å². The minimum absolute atomic E-state index is 0.137. The zero-order valence-corrected chi connectivity index (χ0v) is 9.55. The Morgan fingerprint density at radius 3 is 2.59 bits per heavy atom. The molecule has 0 radical (unpaired) electrons. The van der Waals surface area contributed by atoms with E-state index in [1.807, 2.05) is 12.1 Å². The van der Waals surface area contributed by atoms with Crippen molar-refractivity contribution in [2.45, 2.75) is 19.1 Å². The predicted octanol–water partition coefficient (Wildman–Crippen LogP) is 1.09. The minimum atomic E-state index is -0.953. The first-order valence-corrected chi connectivity index (χ1v) is 5.16. The van der Waals surface area contributed by atoms with Crippen LogP contribution in [0.3, 0.4) is 0 Å². The van der Waals surface area contributed by atoms with Crippen molar-refractivity contribution >= 4 is 12.4 Å². The van der Waals surface area contributed by atoms with Crippen LogP contribution < -0.4 is 5.32 Å². The number of benzene rings is 1. The van der Waals surface area contributed by atoms with E-state index in [1.165, 1.54) is 0 Å². The molecule has 0 spiro atoms. The Labute approximate surface area is 99.4 Å². The largest absolute Gasteiger partial charge is 0.481 e. The second-order valence-electron chi connectivity index (χ2n) is 3.61. The van der Waals surface area contributed by atoms with E-state index >= 15 is 0 Å². The van der Waals surface area contributed by atoms with Gasteiger partial charge in [-0.25, -0.2) is 0 Å². The SMILES string of the molecule is COCc1ccc([C@H](CC(=O)O)NC=O)cc1. The van der Waals surface area contributed by atoms with Gasteiger partial charge in [-0.05, 0) is 11.1 Å². The normalized spacial score (nSPS) is 11.8. The van der Waals surface area contributed by atoms with Gasteiger partial charge in [0, 0.05) is 7.11 Å². The molecule has 1 amide bonds. The molecule has 0 saturated carbocycles. The number of carboxylic acids is 1. The lowest BCUT2D eigenvalue weighted by molar-refractivity contribution is -0.137. The molecule has 0 heterocycles. The van der Waals surface area contributed by atoms with Crippen molar-refractivity contribution in [2.24, 2.45) is 0 Å². The second-order valence-corrected chi connectivity index (χ2v) is 3.61. The van der Waals surface area contributed by atoms with Crippen LogP contribution in [0.2, 0.25) is 0 Å². The standard InChI is InChI=1S/C12H15NO4/c1-17-7-9-2-4-10(5-3-9)11(13-8-14)6-12(15)16/h2-5,8,11H,6-7H2,1H3,(H,13,14)(H,15,16)/t11-/m0/s1. The van der Waals surface area contributed by atoms with Crippen molar-refractivity contribution in [1.82, 2.24) is 5.32 Å². The van der Waals surface area contributed by atoms with Crippen LogP contribution in [0.1, 0.15) is 23.6 Å². The molecule has 0 saturated heterocycles. The summed E-state index contributed by atoms with van der Waals surface area (Å²) < 4.78 is 4.97. The van der Waals surface area contributed by atoms with Crippen molar-refractivity contribution < 1.29 is 19.4 Å². The molecule has 0 bridgehead atoms. The third-order valence-corrected chi connectivity index (χ3v) is 2.34. The third-order valence-electron chi connectivity index (χ3n) is 2.34. The van der Waals surface area contributed by atoms with Crippen LogP contribution in [-0.2, 0) is 20.9 Å². The Balaban J connectivity index is 2.79. The Hall–Kier alpha value is -1.88. The Bertz CT molecular complexity index is 375. The highest BCUT2D eigenvalue weighted by Gasteiger charge is 2.14. The fourth-order valence-electron chi connectivity index (χ4n) is 1.54. The van der Waals surface area contributed by atoms with Gasteiger partial charge in [-0.1, -0.05) is 24.3 Å². The van der Waals surface area contributed by atoms with E-state index in [-0.39, 0.29) is 6.42 Å². The van der Waals surface area contributed by atoms with Gasteiger partial charge in [0.25, 0.3) is 0 Å². The number of methoxy groups -OCH3 is 1. The van der Waals surface area contributed by atoms with Crippen molar-refractivity contribution in [3.8, 4) is 0 Å². The molecule has 0 aromatic heterocycles. The summed E-state index contributed by atoms with van der Waals surface area (Å²) in [6.45, 7) is 0.505. The van der Waals surface area contributed by atoms with Crippen molar-refractivity contribution in [2.75, 3.05) is 7.11 Å². The second kappa shape index (κ2) is 6.65. The van der Waals surface area contributed by atoms with Gasteiger partial charge in [0.15, 0.2) is 0 Å². The van der Waals surface area contributed by atoms with Gasteiger partial charge in [-0.3, -0.25) is 9.59 Å². The first-order valence-electron chi connectivity index (χ1n) is 5.16. The van der Waals surface area contributed by atoms with Gasteiger partial charge >= 0.3 is 5.97 Å². The summed E-state index contributed by atoms with van der Waals surface area (Å²) in [5.41, 5.74) is 1.76. The van der Waals surface area contributed by atoms with Crippen molar-refractivity contribution in [3.05, 3.63) is 35.4 Å². The van der Waals surface area contributed by atoms with Crippen LogP contribution in [0.5, 0.6) is 0 Å². The van der Waals surface area contributed by atoms with Gasteiger partial charge in [0.1, 0.15) is 0 Å². The number of amides is 1. The smallest absolute Gasteiger partial charge is 0.305 e. The number of carbonyl (C=O) groups excluding carboxylic acids is 1. The summed E-state index contributed by atoms with van der Waals surface area (Å²) in [6, 6.07) is 6.78. The van der Waals surface area contributed by atoms with E-state index in [0.717, 1.165) is 11.1 Å². The van der Waals surface area contributed by atoms with Crippen LogP contribution in [0, 0.1) is 0 Å². The topological polar surface area (TPSA) is 75.6 Å². The van der Waals surface area contributed by atoms with Crippen molar-refractivity contribution in [3.63, 3.8) is 0 Å². The summed E-state index contributed by atoms with van der Waals surface area (Å²) in [4.78, 5) is 21.1. The minimum Gasteiger partial charge on any atom is -0.481 e. The summed E-state index contributed by atoms with van der Waals surface area (Å²) in [6.07, 6.45) is 0.374. The highest BCUT2D eigenvalue weighted by Crippen LogP contribution is 2.17. The van der Waals surface area contributed by atoms with Crippen LogP contribution in [0.25, 0.3) is 0 Å². The zero-order valence-electron chi connectivity index (χ0n) is 9.55. The molecule has 0 aliphatic heterocycles. The first-order chi connectivity index (χ1) is 8.17. The molecule has 0 aliphatic carbocycles. The number of ether oxygens (including phenoxy) is 1. The Morgan fingerprint density at radius 2 is 2.12 bits per heavy atom. The third kappa shape index (κ3) is 4.24. The lowest BCUT2D eigenvalue weighted by atomic mass is 10.0. The number of nitrogens with one attached hydrogen (secondary N) is 1. The number of carboxylic acid groups (broad SMARTS) is 1. The maximum absolute atomic E-state index is 10.7.